The van der Waals surface area contributed by atoms with Gasteiger partial charge in [0.25, 0.3) is 5.91 Å². The average Bonchev–Trinajstić information content (AvgIpc) is 3.39. The summed E-state index contributed by atoms with van der Waals surface area (Å²) in [5.41, 5.74) is 5.13. The van der Waals surface area contributed by atoms with E-state index in [0.717, 1.165) is 18.9 Å². The summed E-state index contributed by atoms with van der Waals surface area (Å²) in [5, 5.41) is 3.71. The van der Waals surface area contributed by atoms with Crippen LogP contribution in [0.2, 0.25) is 0 Å². The Bertz CT molecular complexity index is 1050. The molecule has 0 bridgehead atoms. The molecule has 5 nitrogen and oxygen atoms in total. The molecule has 144 valence electrons. The van der Waals surface area contributed by atoms with Crippen molar-refractivity contribution < 1.29 is 22.4 Å². The lowest BCUT2D eigenvalue weighted by atomic mass is 10.1. The Morgan fingerprint density at radius 1 is 1.14 bits per heavy atom. The molecular formula is C19H14F4N4O. The van der Waals surface area contributed by atoms with E-state index in [2.05, 4.69) is 10.1 Å². The molecule has 2 N–H and O–H groups in total. The van der Waals surface area contributed by atoms with Gasteiger partial charge in [-0.15, -0.1) is 0 Å². The van der Waals surface area contributed by atoms with Crippen LogP contribution in [0.3, 0.4) is 0 Å². The minimum Gasteiger partial charge on any atom is -0.366 e. The van der Waals surface area contributed by atoms with Crippen molar-refractivity contribution >= 4 is 5.91 Å². The third kappa shape index (κ3) is 3.23. The summed E-state index contributed by atoms with van der Waals surface area (Å²) in [7, 11) is 0. The van der Waals surface area contributed by atoms with Crippen molar-refractivity contribution in [3.8, 4) is 16.9 Å². The molecule has 4 rings (SSSR count). The standard InChI is InChI=1S/C19H14F4N4O/c20-16-13(18(24)28)7-8-25-17(16)11-3-5-12(6-4-11)27-14(10-1-2-10)9-15(26-27)19(21,22)23/h3-10H,1-2H2,(H2,24,28). The van der Waals surface area contributed by atoms with Crippen LogP contribution < -0.4 is 5.73 Å². The highest BCUT2D eigenvalue weighted by Crippen LogP contribution is 2.43. The molecule has 1 aromatic carbocycles. The molecule has 2 aromatic heterocycles. The number of hydrogen-bond donors (Lipinski definition) is 1. The predicted octanol–water partition coefficient (Wildman–Crippen LogP) is 4.07. The highest BCUT2D eigenvalue weighted by Gasteiger charge is 2.38. The highest BCUT2D eigenvalue weighted by atomic mass is 19.4. The molecule has 0 saturated heterocycles. The lowest BCUT2D eigenvalue weighted by Crippen LogP contribution is -2.14. The number of pyridine rings is 1. The van der Waals surface area contributed by atoms with Crippen LogP contribution in [0, 0.1) is 5.82 Å². The Morgan fingerprint density at radius 2 is 1.82 bits per heavy atom. The van der Waals surface area contributed by atoms with Gasteiger partial charge in [0.15, 0.2) is 11.5 Å². The minimum atomic E-state index is -4.53. The van der Waals surface area contributed by atoms with Crippen molar-refractivity contribution in [2.24, 2.45) is 5.73 Å². The quantitative estimate of drug-likeness (QED) is 0.683. The topological polar surface area (TPSA) is 73.8 Å². The Kier molecular flexibility index (Phi) is 4.17. The van der Waals surface area contributed by atoms with E-state index in [-0.39, 0.29) is 17.2 Å². The van der Waals surface area contributed by atoms with E-state index in [1.165, 1.54) is 41.2 Å². The van der Waals surface area contributed by atoms with Gasteiger partial charge in [0.2, 0.25) is 0 Å². The molecule has 28 heavy (non-hydrogen) atoms. The van der Waals surface area contributed by atoms with Crippen LogP contribution in [0.4, 0.5) is 17.6 Å². The summed E-state index contributed by atoms with van der Waals surface area (Å²) in [6.07, 6.45) is -1.63. The third-order valence-electron chi connectivity index (χ3n) is 4.56. The molecule has 0 unspecified atom stereocenters. The maximum absolute atomic E-state index is 14.4. The summed E-state index contributed by atoms with van der Waals surface area (Å²) in [6.45, 7) is 0. The lowest BCUT2D eigenvalue weighted by molar-refractivity contribution is -0.141. The van der Waals surface area contributed by atoms with Crippen LogP contribution in [0.5, 0.6) is 0 Å². The fraction of sp³-hybridized carbons (Fsp3) is 0.211. The predicted molar refractivity (Wildman–Crippen MR) is 92.2 cm³/mol. The molecule has 2 heterocycles. The largest absolute Gasteiger partial charge is 0.435 e. The first-order valence-corrected chi connectivity index (χ1v) is 8.48. The van der Waals surface area contributed by atoms with Crippen molar-refractivity contribution in [1.29, 1.82) is 0 Å². The molecule has 1 saturated carbocycles. The SMILES string of the molecule is NC(=O)c1ccnc(-c2ccc(-n3nc(C(F)(F)F)cc3C3CC3)cc2)c1F. The van der Waals surface area contributed by atoms with Gasteiger partial charge in [0.05, 0.1) is 11.3 Å². The van der Waals surface area contributed by atoms with E-state index in [1.807, 2.05) is 0 Å². The van der Waals surface area contributed by atoms with Crippen LogP contribution in [-0.4, -0.2) is 20.7 Å². The molecule has 0 atom stereocenters. The number of benzene rings is 1. The molecular weight excluding hydrogens is 376 g/mol. The average molecular weight is 390 g/mol. The smallest absolute Gasteiger partial charge is 0.366 e. The Morgan fingerprint density at radius 3 is 2.39 bits per heavy atom. The van der Waals surface area contributed by atoms with Crippen molar-refractivity contribution in [2.75, 3.05) is 0 Å². The summed E-state index contributed by atoms with van der Waals surface area (Å²) in [5.74, 6) is -1.71. The van der Waals surface area contributed by atoms with E-state index in [9.17, 15) is 22.4 Å². The van der Waals surface area contributed by atoms with Crippen molar-refractivity contribution in [3.63, 3.8) is 0 Å². The highest BCUT2D eigenvalue weighted by molar-refractivity contribution is 5.94. The number of alkyl halides is 3. The molecule has 3 aromatic rings. The Labute approximate surface area is 156 Å². The van der Waals surface area contributed by atoms with Gasteiger partial charge >= 0.3 is 6.18 Å². The summed E-state index contributed by atoms with van der Waals surface area (Å²) in [6, 6.07) is 8.34. The molecule has 0 aliphatic heterocycles. The van der Waals surface area contributed by atoms with Crippen LogP contribution in [0.15, 0.2) is 42.6 Å². The van der Waals surface area contributed by atoms with E-state index in [0.29, 0.717) is 16.9 Å². The van der Waals surface area contributed by atoms with E-state index >= 15 is 0 Å². The number of halogens is 4. The first-order valence-electron chi connectivity index (χ1n) is 8.48. The van der Waals surface area contributed by atoms with E-state index in [4.69, 9.17) is 5.73 Å². The van der Waals surface area contributed by atoms with Gasteiger partial charge in [0.1, 0.15) is 5.69 Å². The van der Waals surface area contributed by atoms with E-state index in [1.54, 1.807) is 0 Å². The Hall–Kier alpha value is -3.23. The lowest BCUT2D eigenvalue weighted by Gasteiger charge is -2.09. The molecule has 1 aliphatic rings. The number of nitrogens with two attached hydrogens (primary N) is 1. The minimum absolute atomic E-state index is 0.0506. The van der Waals surface area contributed by atoms with Crippen LogP contribution in [0.1, 0.15) is 40.5 Å². The van der Waals surface area contributed by atoms with Gasteiger partial charge < -0.3 is 5.73 Å². The van der Waals surface area contributed by atoms with Gasteiger partial charge in [0, 0.05) is 23.4 Å². The number of carbonyl (C=O) groups is 1. The summed E-state index contributed by atoms with van der Waals surface area (Å²) < 4.78 is 54.9. The second kappa shape index (κ2) is 6.43. The maximum Gasteiger partial charge on any atom is 0.435 e. The first kappa shape index (κ1) is 18.1. The normalized spacial score (nSPS) is 14.3. The molecule has 1 amide bonds. The second-order valence-corrected chi connectivity index (χ2v) is 6.57. The number of primary amides is 1. The number of rotatable bonds is 4. The molecule has 0 radical (unpaired) electrons. The molecule has 1 fully saturated rings. The van der Waals surface area contributed by atoms with Crippen molar-refractivity contribution in [1.82, 2.24) is 14.8 Å². The van der Waals surface area contributed by atoms with Gasteiger partial charge in [-0.3, -0.25) is 9.78 Å². The fourth-order valence-electron chi connectivity index (χ4n) is 3.01. The molecule has 1 aliphatic carbocycles. The van der Waals surface area contributed by atoms with Crippen molar-refractivity contribution in [2.45, 2.75) is 24.9 Å². The van der Waals surface area contributed by atoms with Gasteiger partial charge in [-0.1, -0.05) is 12.1 Å². The van der Waals surface area contributed by atoms with Gasteiger partial charge in [-0.2, -0.15) is 18.3 Å². The monoisotopic (exact) mass is 390 g/mol. The van der Waals surface area contributed by atoms with Crippen LogP contribution in [-0.2, 0) is 6.18 Å². The zero-order valence-electron chi connectivity index (χ0n) is 14.4. The number of carbonyl (C=O) groups excluding carboxylic acids is 1. The zero-order valence-corrected chi connectivity index (χ0v) is 14.4. The van der Waals surface area contributed by atoms with Crippen LogP contribution in [0.25, 0.3) is 16.9 Å². The van der Waals surface area contributed by atoms with Gasteiger partial charge in [-0.25, -0.2) is 9.07 Å². The maximum atomic E-state index is 14.4. The van der Waals surface area contributed by atoms with Crippen molar-refractivity contribution in [3.05, 3.63) is 65.4 Å². The Balaban J connectivity index is 1.73. The van der Waals surface area contributed by atoms with Gasteiger partial charge in [-0.05, 0) is 37.1 Å². The second-order valence-electron chi connectivity index (χ2n) is 6.57. The number of hydrogen-bond acceptors (Lipinski definition) is 3. The summed E-state index contributed by atoms with van der Waals surface area (Å²) in [4.78, 5) is 15.2. The number of nitrogens with zero attached hydrogens (tertiary/aromatic N) is 3. The fourth-order valence-corrected chi connectivity index (χ4v) is 3.01. The van der Waals surface area contributed by atoms with Crippen LogP contribution >= 0.6 is 0 Å². The molecule has 0 spiro atoms. The third-order valence-corrected chi connectivity index (χ3v) is 4.56. The zero-order chi connectivity index (χ0) is 20.1. The number of aromatic nitrogens is 3. The first-order chi connectivity index (χ1) is 13.3. The number of amides is 1. The summed E-state index contributed by atoms with van der Waals surface area (Å²) >= 11 is 0. The van der Waals surface area contributed by atoms with E-state index < -0.39 is 23.6 Å². The molecule has 9 heteroatoms.